The molecule has 0 atom stereocenters. The Morgan fingerprint density at radius 1 is 1.00 bits per heavy atom. The fourth-order valence-corrected chi connectivity index (χ4v) is 2.94. The van der Waals surface area contributed by atoms with Crippen LogP contribution in [0.2, 0.25) is 0 Å². The number of para-hydroxylation sites is 1. The molecule has 2 aromatic carbocycles. The van der Waals surface area contributed by atoms with E-state index in [1.54, 1.807) is 18.2 Å². The molecular weight excluding hydrogens is 378 g/mol. The Balaban J connectivity index is 1.57. The number of carbonyl (C=O) groups excluding carboxylic acids is 1. The molecule has 1 heterocycles. The van der Waals surface area contributed by atoms with Gasteiger partial charge in [-0.05, 0) is 55.2 Å². The van der Waals surface area contributed by atoms with E-state index in [2.05, 4.69) is 17.3 Å². The SMILES string of the molecule is CCCOc1ccc(C(=O)NCCc2cnn(-c3ccccc3)c2)cc1OCCC. The molecule has 1 aromatic heterocycles. The van der Waals surface area contributed by atoms with Crippen LogP contribution < -0.4 is 14.8 Å². The van der Waals surface area contributed by atoms with Crippen LogP contribution in [0.25, 0.3) is 5.69 Å². The molecule has 0 spiro atoms. The zero-order valence-electron chi connectivity index (χ0n) is 17.6. The molecule has 0 aliphatic rings. The molecule has 1 amide bonds. The van der Waals surface area contributed by atoms with E-state index in [9.17, 15) is 4.79 Å². The number of aromatic nitrogens is 2. The molecule has 1 N–H and O–H groups in total. The van der Waals surface area contributed by atoms with Crippen molar-refractivity contribution < 1.29 is 14.3 Å². The van der Waals surface area contributed by atoms with Crippen LogP contribution in [0.1, 0.15) is 42.6 Å². The molecule has 158 valence electrons. The standard InChI is InChI=1S/C24H29N3O3/c1-3-14-29-22-11-10-20(16-23(22)30-15-4-2)24(28)25-13-12-19-17-26-27(18-19)21-8-6-5-7-9-21/h5-11,16-18H,3-4,12-15H2,1-2H3,(H,25,28). The van der Waals surface area contributed by atoms with Crippen LogP contribution >= 0.6 is 0 Å². The van der Waals surface area contributed by atoms with Gasteiger partial charge >= 0.3 is 0 Å². The highest BCUT2D eigenvalue weighted by Gasteiger charge is 2.12. The van der Waals surface area contributed by atoms with Gasteiger partial charge < -0.3 is 14.8 Å². The van der Waals surface area contributed by atoms with Crippen LogP contribution in [0.3, 0.4) is 0 Å². The van der Waals surface area contributed by atoms with Gasteiger partial charge in [-0.25, -0.2) is 4.68 Å². The summed E-state index contributed by atoms with van der Waals surface area (Å²) in [7, 11) is 0. The number of ether oxygens (including phenoxy) is 2. The van der Waals surface area contributed by atoms with Crippen molar-refractivity contribution in [2.24, 2.45) is 0 Å². The molecule has 0 aliphatic carbocycles. The van der Waals surface area contributed by atoms with E-state index in [-0.39, 0.29) is 5.91 Å². The first kappa shape index (κ1) is 21.4. The summed E-state index contributed by atoms with van der Waals surface area (Å²) in [6.45, 7) is 5.82. The highest BCUT2D eigenvalue weighted by atomic mass is 16.5. The summed E-state index contributed by atoms with van der Waals surface area (Å²) in [6, 6.07) is 15.3. The van der Waals surface area contributed by atoms with Gasteiger partial charge in [0.2, 0.25) is 0 Å². The van der Waals surface area contributed by atoms with Crippen molar-refractivity contribution in [1.82, 2.24) is 15.1 Å². The van der Waals surface area contributed by atoms with Crippen LogP contribution in [-0.4, -0.2) is 35.4 Å². The number of nitrogens with zero attached hydrogens (tertiary/aromatic N) is 2. The lowest BCUT2D eigenvalue weighted by Crippen LogP contribution is -2.25. The highest BCUT2D eigenvalue weighted by Crippen LogP contribution is 2.29. The van der Waals surface area contributed by atoms with Crippen molar-refractivity contribution in [3.8, 4) is 17.2 Å². The summed E-state index contributed by atoms with van der Waals surface area (Å²) in [4.78, 5) is 12.6. The number of amides is 1. The predicted octanol–water partition coefficient (Wildman–Crippen LogP) is 4.42. The van der Waals surface area contributed by atoms with Gasteiger partial charge in [-0.3, -0.25) is 4.79 Å². The van der Waals surface area contributed by atoms with E-state index in [1.807, 2.05) is 54.3 Å². The van der Waals surface area contributed by atoms with E-state index >= 15 is 0 Å². The fraction of sp³-hybridized carbons (Fsp3) is 0.333. The Morgan fingerprint density at radius 3 is 2.47 bits per heavy atom. The molecule has 30 heavy (non-hydrogen) atoms. The van der Waals surface area contributed by atoms with Crippen molar-refractivity contribution in [3.63, 3.8) is 0 Å². The average molecular weight is 408 g/mol. The second-order valence-corrected chi connectivity index (χ2v) is 6.99. The van der Waals surface area contributed by atoms with Crippen molar-refractivity contribution in [2.45, 2.75) is 33.1 Å². The fourth-order valence-electron chi connectivity index (χ4n) is 2.94. The van der Waals surface area contributed by atoms with Gasteiger partial charge in [-0.1, -0.05) is 32.0 Å². The summed E-state index contributed by atoms with van der Waals surface area (Å²) >= 11 is 0. The Hall–Kier alpha value is -3.28. The quantitative estimate of drug-likeness (QED) is 0.511. The van der Waals surface area contributed by atoms with Crippen LogP contribution in [-0.2, 0) is 6.42 Å². The monoisotopic (exact) mass is 407 g/mol. The Labute approximate surface area is 177 Å². The molecule has 0 bridgehead atoms. The first-order chi connectivity index (χ1) is 14.7. The van der Waals surface area contributed by atoms with E-state index in [4.69, 9.17) is 9.47 Å². The maximum Gasteiger partial charge on any atom is 0.251 e. The van der Waals surface area contributed by atoms with Gasteiger partial charge in [0, 0.05) is 18.3 Å². The Kier molecular flexibility index (Phi) is 7.89. The Morgan fingerprint density at radius 2 is 1.73 bits per heavy atom. The molecule has 6 heteroatoms. The molecule has 3 aromatic rings. The zero-order chi connectivity index (χ0) is 21.2. The van der Waals surface area contributed by atoms with Gasteiger partial charge in [-0.15, -0.1) is 0 Å². The Bertz CT molecular complexity index is 938. The van der Waals surface area contributed by atoms with E-state index in [0.29, 0.717) is 43.2 Å². The second kappa shape index (κ2) is 11.0. The minimum absolute atomic E-state index is 0.131. The number of rotatable bonds is 11. The van der Waals surface area contributed by atoms with Crippen LogP contribution in [0.4, 0.5) is 0 Å². The van der Waals surface area contributed by atoms with Crippen molar-refractivity contribution in [3.05, 3.63) is 72.1 Å². The molecule has 0 radical (unpaired) electrons. The minimum Gasteiger partial charge on any atom is -0.490 e. The molecule has 0 aliphatic heterocycles. The lowest BCUT2D eigenvalue weighted by molar-refractivity contribution is 0.0953. The number of carbonyl (C=O) groups is 1. The summed E-state index contributed by atoms with van der Waals surface area (Å²) in [5.74, 6) is 1.16. The lowest BCUT2D eigenvalue weighted by atomic mass is 10.1. The average Bonchev–Trinajstić information content (AvgIpc) is 3.26. The van der Waals surface area contributed by atoms with Crippen LogP contribution in [0.15, 0.2) is 60.9 Å². The van der Waals surface area contributed by atoms with Gasteiger partial charge in [0.05, 0.1) is 25.1 Å². The highest BCUT2D eigenvalue weighted by molar-refractivity contribution is 5.94. The number of hydrogen-bond acceptors (Lipinski definition) is 4. The maximum absolute atomic E-state index is 12.6. The van der Waals surface area contributed by atoms with Crippen LogP contribution in [0.5, 0.6) is 11.5 Å². The second-order valence-electron chi connectivity index (χ2n) is 6.99. The summed E-state index contributed by atoms with van der Waals surface area (Å²) in [6.07, 6.45) is 6.32. The summed E-state index contributed by atoms with van der Waals surface area (Å²) < 4.78 is 13.3. The summed E-state index contributed by atoms with van der Waals surface area (Å²) in [5, 5.41) is 7.36. The number of nitrogens with one attached hydrogen (secondary N) is 1. The van der Waals surface area contributed by atoms with Gasteiger partial charge in [-0.2, -0.15) is 5.10 Å². The van der Waals surface area contributed by atoms with Gasteiger partial charge in [0.1, 0.15) is 0 Å². The third-order valence-electron chi connectivity index (χ3n) is 4.49. The van der Waals surface area contributed by atoms with Gasteiger partial charge in [0.25, 0.3) is 5.91 Å². The molecule has 0 saturated heterocycles. The normalized spacial score (nSPS) is 10.6. The van der Waals surface area contributed by atoms with E-state index in [0.717, 1.165) is 24.1 Å². The minimum atomic E-state index is -0.131. The van der Waals surface area contributed by atoms with Crippen LogP contribution in [0, 0.1) is 0 Å². The topological polar surface area (TPSA) is 65.4 Å². The molecule has 3 rings (SSSR count). The zero-order valence-corrected chi connectivity index (χ0v) is 17.6. The third-order valence-corrected chi connectivity index (χ3v) is 4.49. The van der Waals surface area contributed by atoms with Crippen molar-refractivity contribution in [2.75, 3.05) is 19.8 Å². The first-order valence-corrected chi connectivity index (χ1v) is 10.5. The molecule has 6 nitrogen and oxygen atoms in total. The largest absolute Gasteiger partial charge is 0.490 e. The molecule has 0 saturated carbocycles. The number of benzene rings is 2. The molecule has 0 fully saturated rings. The third kappa shape index (κ3) is 5.86. The van der Waals surface area contributed by atoms with Gasteiger partial charge in [0.15, 0.2) is 11.5 Å². The maximum atomic E-state index is 12.6. The van der Waals surface area contributed by atoms with Crippen molar-refractivity contribution >= 4 is 5.91 Å². The lowest BCUT2D eigenvalue weighted by Gasteiger charge is -2.13. The first-order valence-electron chi connectivity index (χ1n) is 10.5. The van der Waals surface area contributed by atoms with Crippen molar-refractivity contribution in [1.29, 1.82) is 0 Å². The smallest absolute Gasteiger partial charge is 0.251 e. The number of hydrogen-bond donors (Lipinski definition) is 1. The molecular formula is C24H29N3O3. The molecule has 0 unspecified atom stereocenters. The summed E-state index contributed by atoms with van der Waals surface area (Å²) in [5.41, 5.74) is 2.64. The van der Waals surface area contributed by atoms with E-state index < -0.39 is 0 Å². The predicted molar refractivity (Wildman–Crippen MR) is 118 cm³/mol. The van der Waals surface area contributed by atoms with E-state index in [1.165, 1.54) is 0 Å².